The molecule has 0 saturated carbocycles. The quantitative estimate of drug-likeness (QED) is 0.325. The number of methoxy groups -OCH3 is 1. The molecule has 0 aliphatic carbocycles. The first-order chi connectivity index (χ1) is 14.0. The fraction of sp³-hybridized carbons (Fsp3) is 0.143. The number of esters is 1. The van der Waals surface area contributed by atoms with Gasteiger partial charge in [-0.15, -0.1) is 0 Å². The fourth-order valence-electron chi connectivity index (χ4n) is 2.58. The lowest BCUT2D eigenvalue weighted by Gasteiger charge is -2.15. The molecule has 29 heavy (non-hydrogen) atoms. The third-order valence-corrected chi connectivity index (χ3v) is 4.14. The minimum atomic E-state index is -0.735. The summed E-state index contributed by atoms with van der Waals surface area (Å²) in [6.07, 6.45) is 2.61. The van der Waals surface area contributed by atoms with Gasteiger partial charge in [-0.3, -0.25) is 15.1 Å². The number of hydrogen-bond donors (Lipinski definition) is 0. The molecular formula is C21H18N2O6. The maximum absolute atomic E-state index is 12.8. The molecule has 0 aliphatic rings. The predicted molar refractivity (Wildman–Crippen MR) is 104 cm³/mol. The van der Waals surface area contributed by atoms with Crippen LogP contribution in [0.2, 0.25) is 0 Å². The van der Waals surface area contributed by atoms with Gasteiger partial charge in [0.15, 0.2) is 0 Å². The first-order valence-corrected chi connectivity index (χ1v) is 8.69. The minimum absolute atomic E-state index is 0.0454. The molecule has 2 aromatic carbocycles. The van der Waals surface area contributed by atoms with E-state index in [0.717, 1.165) is 11.6 Å². The van der Waals surface area contributed by atoms with Crippen LogP contribution in [0.1, 0.15) is 28.9 Å². The largest absolute Gasteiger partial charge is 0.497 e. The molecule has 0 aliphatic heterocycles. The van der Waals surface area contributed by atoms with Gasteiger partial charge in [0.1, 0.15) is 28.9 Å². The third-order valence-electron chi connectivity index (χ3n) is 4.14. The Bertz CT molecular complexity index is 1010. The Morgan fingerprint density at radius 1 is 1.03 bits per heavy atom. The van der Waals surface area contributed by atoms with E-state index in [0.29, 0.717) is 11.5 Å². The molecule has 148 valence electrons. The molecule has 0 radical (unpaired) electrons. The van der Waals surface area contributed by atoms with Crippen molar-refractivity contribution >= 4 is 11.7 Å². The van der Waals surface area contributed by atoms with E-state index in [-0.39, 0.29) is 17.0 Å². The minimum Gasteiger partial charge on any atom is -0.497 e. The normalized spacial score (nSPS) is 11.4. The van der Waals surface area contributed by atoms with Crippen LogP contribution in [0.5, 0.6) is 17.2 Å². The van der Waals surface area contributed by atoms with E-state index >= 15 is 0 Å². The molecule has 1 atom stereocenters. The Morgan fingerprint density at radius 2 is 1.69 bits per heavy atom. The number of benzene rings is 2. The van der Waals surface area contributed by atoms with Crippen molar-refractivity contribution < 1.29 is 23.9 Å². The maximum Gasteiger partial charge on any atom is 0.342 e. The van der Waals surface area contributed by atoms with Crippen LogP contribution in [0.4, 0.5) is 5.69 Å². The summed E-state index contributed by atoms with van der Waals surface area (Å²) in [4.78, 5) is 27.2. The second-order valence-electron chi connectivity index (χ2n) is 6.04. The topological polar surface area (TPSA) is 101 Å². The summed E-state index contributed by atoms with van der Waals surface area (Å²) in [7, 11) is 1.55. The average Bonchev–Trinajstić information content (AvgIpc) is 2.75. The van der Waals surface area contributed by atoms with Gasteiger partial charge < -0.3 is 14.2 Å². The molecule has 1 unspecified atom stereocenters. The molecular weight excluding hydrogens is 376 g/mol. The zero-order valence-corrected chi connectivity index (χ0v) is 15.8. The summed E-state index contributed by atoms with van der Waals surface area (Å²) >= 11 is 0. The molecule has 8 heteroatoms. The van der Waals surface area contributed by atoms with Gasteiger partial charge in [-0.05, 0) is 55.0 Å². The number of nitro groups is 1. The highest BCUT2D eigenvalue weighted by Crippen LogP contribution is 2.31. The summed E-state index contributed by atoms with van der Waals surface area (Å²) < 4.78 is 16.3. The predicted octanol–water partition coefficient (Wildman–Crippen LogP) is 4.71. The Labute approximate surface area is 166 Å². The molecule has 0 saturated heterocycles. The van der Waals surface area contributed by atoms with Crippen LogP contribution in [0.25, 0.3) is 0 Å². The monoisotopic (exact) mass is 394 g/mol. The van der Waals surface area contributed by atoms with Gasteiger partial charge in [-0.2, -0.15) is 0 Å². The number of aromatic nitrogens is 1. The molecule has 0 spiro atoms. The Morgan fingerprint density at radius 3 is 2.31 bits per heavy atom. The van der Waals surface area contributed by atoms with E-state index in [1.807, 2.05) is 0 Å². The van der Waals surface area contributed by atoms with Gasteiger partial charge in [-0.1, -0.05) is 0 Å². The number of rotatable bonds is 7. The average molecular weight is 394 g/mol. The summed E-state index contributed by atoms with van der Waals surface area (Å²) in [5.74, 6) is 0.497. The number of carbonyl (C=O) groups is 1. The lowest BCUT2D eigenvalue weighted by molar-refractivity contribution is -0.384. The number of non-ortho nitro benzene ring substituents is 1. The highest BCUT2D eigenvalue weighted by molar-refractivity contribution is 5.93. The van der Waals surface area contributed by atoms with Crippen molar-refractivity contribution in [3.05, 3.63) is 88.2 Å². The van der Waals surface area contributed by atoms with Crippen LogP contribution in [-0.4, -0.2) is 23.0 Å². The Hall–Kier alpha value is -3.94. The highest BCUT2D eigenvalue weighted by atomic mass is 16.6. The molecule has 0 amide bonds. The lowest BCUT2D eigenvalue weighted by atomic mass is 10.1. The van der Waals surface area contributed by atoms with E-state index in [9.17, 15) is 14.9 Å². The first-order valence-electron chi connectivity index (χ1n) is 8.69. The van der Waals surface area contributed by atoms with Crippen molar-refractivity contribution in [3.63, 3.8) is 0 Å². The van der Waals surface area contributed by atoms with Crippen molar-refractivity contribution in [2.24, 2.45) is 0 Å². The van der Waals surface area contributed by atoms with Crippen LogP contribution in [0, 0.1) is 10.1 Å². The fourth-order valence-corrected chi connectivity index (χ4v) is 2.58. The van der Waals surface area contributed by atoms with Crippen molar-refractivity contribution in [2.75, 3.05) is 7.11 Å². The first kappa shape index (κ1) is 19.8. The molecule has 0 fully saturated rings. The standard InChI is InChI=1S/C21H18N2O6/c1-14(15-9-11-22-12-10-15)28-21(24)19-13-16(23(25)26)3-8-20(19)29-18-6-4-17(27-2)5-7-18/h3-14H,1-2H3. The van der Waals surface area contributed by atoms with Crippen LogP contribution in [0.3, 0.4) is 0 Å². The molecule has 8 nitrogen and oxygen atoms in total. The second-order valence-corrected chi connectivity index (χ2v) is 6.04. The lowest BCUT2D eigenvalue weighted by Crippen LogP contribution is -2.11. The van der Waals surface area contributed by atoms with Crippen molar-refractivity contribution in [1.29, 1.82) is 0 Å². The van der Waals surface area contributed by atoms with E-state index in [4.69, 9.17) is 14.2 Å². The van der Waals surface area contributed by atoms with Gasteiger partial charge in [0, 0.05) is 24.5 Å². The molecule has 1 heterocycles. The zero-order valence-electron chi connectivity index (χ0n) is 15.8. The number of pyridine rings is 1. The molecule has 0 bridgehead atoms. The van der Waals surface area contributed by atoms with Gasteiger partial charge >= 0.3 is 5.97 Å². The van der Waals surface area contributed by atoms with Gasteiger partial charge in [0.05, 0.1) is 12.0 Å². The Balaban J connectivity index is 1.88. The maximum atomic E-state index is 12.8. The molecule has 0 N–H and O–H groups in total. The SMILES string of the molecule is COc1ccc(Oc2ccc([N+](=O)[O-])cc2C(=O)OC(C)c2ccncc2)cc1. The Kier molecular flexibility index (Phi) is 6.03. The van der Waals surface area contributed by atoms with Crippen LogP contribution < -0.4 is 9.47 Å². The highest BCUT2D eigenvalue weighted by Gasteiger charge is 2.22. The van der Waals surface area contributed by atoms with E-state index < -0.39 is 17.0 Å². The summed E-state index contributed by atoms with van der Waals surface area (Å²) in [5, 5.41) is 11.2. The van der Waals surface area contributed by atoms with E-state index in [2.05, 4.69) is 4.98 Å². The van der Waals surface area contributed by atoms with Crippen molar-refractivity contribution in [3.8, 4) is 17.2 Å². The van der Waals surface area contributed by atoms with Crippen molar-refractivity contribution in [1.82, 2.24) is 4.98 Å². The third kappa shape index (κ3) is 4.86. The summed E-state index contributed by atoms with van der Waals surface area (Å²) in [5.41, 5.74) is 0.461. The molecule has 3 rings (SSSR count). The van der Waals surface area contributed by atoms with Gasteiger partial charge in [-0.25, -0.2) is 4.79 Å². The van der Waals surface area contributed by atoms with Gasteiger partial charge in [0.25, 0.3) is 5.69 Å². The number of carbonyl (C=O) groups excluding carboxylic acids is 1. The van der Waals surface area contributed by atoms with Crippen LogP contribution >= 0.6 is 0 Å². The second kappa shape index (κ2) is 8.83. The molecule has 1 aromatic heterocycles. The van der Waals surface area contributed by atoms with E-state index in [1.54, 1.807) is 62.8 Å². The van der Waals surface area contributed by atoms with Crippen molar-refractivity contribution in [2.45, 2.75) is 13.0 Å². The summed E-state index contributed by atoms with van der Waals surface area (Å²) in [6, 6.07) is 13.9. The molecule has 3 aromatic rings. The number of nitrogens with zero attached hydrogens (tertiary/aromatic N) is 2. The zero-order chi connectivity index (χ0) is 20.8. The van der Waals surface area contributed by atoms with Gasteiger partial charge in [0.2, 0.25) is 0 Å². The number of nitro benzene ring substituents is 1. The number of hydrogen-bond acceptors (Lipinski definition) is 7. The number of ether oxygens (including phenoxy) is 3. The van der Waals surface area contributed by atoms with Crippen LogP contribution in [-0.2, 0) is 4.74 Å². The summed E-state index contributed by atoms with van der Waals surface area (Å²) in [6.45, 7) is 1.70. The smallest absolute Gasteiger partial charge is 0.342 e. The van der Waals surface area contributed by atoms with E-state index in [1.165, 1.54) is 12.1 Å². The van der Waals surface area contributed by atoms with Crippen LogP contribution in [0.15, 0.2) is 67.0 Å².